The monoisotopic (exact) mass is 196 g/mol. The molecule has 0 bridgehead atoms. The van der Waals surface area contributed by atoms with Crippen molar-refractivity contribution in [2.75, 3.05) is 13.6 Å². The Kier molecular flexibility index (Phi) is 3.32. The van der Waals surface area contributed by atoms with Crippen LogP contribution in [0.5, 0.6) is 0 Å². The number of hydrogen-bond acceptors (Lipinski definition) is 2. The Morgan fingerprint density at radius 3 is 2.64 bits per heavy atom. The standard InChI is InChI=1S/C11H20N2O/c1-7(2)10-11(8(3)4)13(5)6-9(14)12-10/h8,10-11H,1,6H2,2-5H3,(H,12,14). The van der Waals surface area contributed by atoms with Crippen LogP contribution < -0.4 is 5.32 Å². The summed E-state index contributed by atoms with van der Waals surface area (Å²) in [5.74, 6) is 0.611. The number of likely N-dealkylation sites (N-methyl/N-ethyl adjacent to an activating group) is 1. The Hall–Kier alpha value is -0.830. The van der Waals surface area contributed by atoms with Gasteiger partial charge in [0, 0.05) is 6.04 Å². The molecular formula is C11H20N2O. The van der Waals surface area contributed by atoms with E-state index in [1.165, 1.54) is 0 Å². The van der Waals surface area contributed by atoms with Crippen LogP contribution in [0.2, 0.25) is 0 Å². The summed E-state index contributed by atoms with van der Waals surface area (Å²) in [5.41, 5.74) is 1.03. The topological polar surface area (TPSA) is 32.3 Å². The van der Waals surface area contributed by atoms with Gasteiger partial charge in [0.2, 0.25) is 5.91 Å². The Labute approximate surface area is 86.2 Å². The maximum absolute atomic E-state index is 11.4. The summed E-state index contributed by atoms with van der Waals surface area (Å²) < 4.78 is 0. The van der Waals surface area contributed by atoms with E-state index in [1.807, 2.05) is 14.0 Å². The van der Waals surface area contributed by atoms with Crippen molar-refractivity contribution in [2.24, 2.45) is 5.92 Å². The third-order valence-corrected chi connectivity index (χ3v) is 2.77. The van der Waals surface area contributed by atoms with E-state index in [-0.39, 0.29) is 11.9 Å². The first-order valence-electron chi connectivity index (χ1n) is 5.08. The third-order valence-electron chi connectivity index (χ3n) is 2.77. The van der Waals surface area contributed by atoms with Gasteiger partial charge in [0.1, 0.15) is 0 Å². The van der Waals surface area contributed by atoms with Gasteiger partial charge in [-0.05, 0) is 19.9 Å². The number of carbonyl (C=O) groups excluding carboxylic acids is 1. The lowest BCUT2D eigenvalue weighted by Crippen LogP contribution is -2.61. The largest absolute Gasteiger partial charge is 0.347 e. The van der Waals surface area contributed by atoms with E-state index in [0.29, 0.717) is 18.5 Å². The van der Waals surface area contributed by atoms with Crippen molar-refractivity contribution in [2.45, 2.75) is 32.9 Å². The minimum absolute atomic E-state index is 0.0948. The van der Waals surface area contributed by atoms with Crippen molar-refractivity contribution >= 4 is 5.91 Å². The first-order valence-corrected chi connectivity index (χ1v) is 5.08. The van der Waals surface area contributed by atoms with Gasteiger partial charge in [0.05, 0.1) is 12.6 Å². The fraction of sp³-hybridized carbons (Fsp3) is 0.727. The van der Waals surface area contributed by atoms with Gasteiger partial charge in [-0.2, -0.15) is 0 Å². The summed E-state index contributed by atoms with van der Waals surface area (Å²) >= 11 is 0. The maximum atomic E-state index is 11.4. The van der Waals surface area contributed by atoms with Gasteiger partial charge in [0.15, 0.2) is 0 Å². The summed E-state index contributed by atoms with van der Waals surface area (Å²) in [4.78, 5) is 13.5. The van der Waals surface area contributed by atoms with Gasteiger partial charge < -0.3 is 5.32 Å². The van der Waals surface area contributed by atoms with E-state index in [2.05, 4.69) is 30.6 Å². The SMILES string of the molecule is C=C(C)C1NC(=O)CN(C)C1C(C)C. The normalized spacial score (nSPS) is 29.1. The van der Waals surface area contributed by atoms with Crippen LogP contribution in [0.3, 0.4) is 0 Å². The molecule has 0 saturated carbocycles. The molecule has 0 aromatic heterocycles. The van der Waals surface area contributed by atoms with E-state index < -0.39 is 0 Å². The van der Waals surface area contributed by atoms with E-state index in [1.54, 1.807) is 0 Å². The minimum atomic E-state index is 0.0948. The molecule has 1 aliphatic heterocycles. The van der Waals surface area contributed by atoms with Gasteiger partial charge in [-0.3, -0.25) is 9.69 Å². The predicted molar refractivity (Wildman–Crippen MR) is 58.0 cm³/mol. The first-order chi connectivity index (χ1) is 6.43. The average Bonchev–Trinajstić information content (AvgIpc) is 2.01. The Balaban J connectivity index is 2.86. The predicted octanol–water partition coefficient (Wildman–Crippen LogP) is 1.02. The lowest BCUT2D eigenvalue weighted by Gasteiger charge is -2.42. The second-order valence-corrected chi connectivity index (χ2v) is 4.54. The van der Waals surface area contributed by atoms with Gasteiger partial charge >= 0.3 is 0 Å². The molecule has 1 amide bonds. The van der Waals surface area contributed by atoms with E-state index in [4.69, 9.17) is 0 Å². The molecule has 0 aromatic carbocycles. The van der Waals surface area contributed by atoms with Gasteiger partial charge in [-0.1, -0.05) is 26.0 Å². The summed E-state index contributed by atoms with van der Waals surface area (Å²) in [6, 6.07) is 0.464. The molecule has 1 rings (SSSR count). The van der Waals surface area contributed by atoms with E-state index in [9.17, 15) is 4.79 Å². The highest BCUT2D eigenvalue weighted by Gasteiger charge is 2.34. The number of rotatable bonds is 2. The van der Waals surface area contributed by atoms with Crippen molar-refractivity contribution in [1.82, 2.24) is 10.2 Å². The van der Waals surface area contributed by atoms with Gasteiger partial charge in [0.25, 0.3) is 0 Å². The van der Waals surface area contributed by atoms with Crippen molar-refractivity contribution < 1.29 is 4.79 Å². The van der Waals surface area contributed by atoms with Crippen LogP contribution in [-0.2, 0) is 4.79 Å². The molecule has 1 heterocycles. The Bertz CT molecular complexity index is 248. The number of carbonyl (C=O) groups is 1. The van der Waals surface area contributed by atoms with E-state index >= 15 is 0 Å². The van der Waals surface area contributed by atoms with Crippen LogP contribution in [0.25, 0.3) is 0 Å². The maximum Gasteiger partial charge on any atom is 0.234 e. The number of piperazine rings is 1. The van der Waals surface area contributed by atoms with Crippen LogP contribution in [-0.4, -0.2) is 36.5 Å². The highest BCUT2D eigenvalue weighted by Crippen LogP contribution is 2.20. The molecular weight excluding hydrogens is 176 g/mol. The molecule has 1 N–H and O–H groups in total. The average molecular weight is 196 g/mol. The van der Waals surface area contributed by atoms with Crippen molar-refractivity contribution in [3.8, 4) is 0 Å². The van der Waals surface area contributed by atoms with Crippen molar-refractivity contribution in [3.05, 3.63) is 12.2 Å². The van der Waals surface area contributed by atoms with Gasteiger partial charge in [-0.25, -0.2) is 0 Å². The summed E-state index contributed by atoms with van der Waals surface area (Å²) in [7, 11) is 2.00. The molecule has 2 unspecified atom stereocenters. The molecule has 1 aliphatic rings. The highest BCUT2D eigenvalue weighted by molar-refractivity contribution is 5.79. The number of nitrogens with zero attached hydrogens (tertiary/aromatic N) is 1. The molecule has 0 spiro atoms. The molecule has 14 heavy (non-hydrogen) atoms. The summed E-state index contributed by atoms with van der Waals surface area (Å²) in [6.07, 6.45) is 0. The molecule has 1 fully saturated rings. The van der Waals surface area contributed by atoms with Crippen LogP contribution in [0, 0.1) is 5.92 Å². The smallest absolute Gasteiger partial charge is 0.234 e. The minimum Gasteiger partial charge on any atom is -0.347 e. The van der Waals surface area contributed by atoms with Crippen molar-refractivity contribution in [3.63, 3.8) is 0 Å². The molecule has 0 radical (unpaired) electrons. The Morgan fingerprint density at radius 2 is 2.21 bits per heavy atom. The fourth-order valence-corrected chi connectivity index (χ4v) is 2.20. The van der Waals surface area contributed by atoms with Crippen LogP contribution in [0.4, 0.5) is 0 Å². The van der Waals surface area contributed by atoms with Crippen LogP contribution in [0.15, 0.2) is 12.2 Å². The number of amides is 1. The third kappa shape index (κ3) is 2.15. The zero-order chi connectivity index (χ0) is 10.9. The molecule has 3 nitrogen and oxygen atoms in total. The highest BCUT2D eigenvalue weighted by atomic mass is 16.2. The second-order valence-electron chi connectivity index (χ2n) is 4.54. The number of hydrogen-bond donors (Lipinski definition) is 1. The molecule has 3 heteroatoms. The van der Waals surface area contributed by atoms with Crippen molar-refractivity contribution in [1.29, 1.82) is 0 Å². The quantitative estimate of drug-likeness (QED) is 0.669. The lowest BCUT2D eigenvalue weighted by atomic mass is 9.89. The molecule has 0 aliphatic carbocycles. The first kappa shape index (κ1) is 11.2. The van der Waals surface area contributed by atoms with Gasteiger partial charge in [-0.15, -0.1) is 0 Å². The zero-order valence-electron chi connectivity index (χ0n) is 9.50. The van der Waals surface area contributed by atoms with E-state index in [0.717, 1.165) is 5.57 Å². The molecule has 1 saturated heterocycles. The summed E-state index contributed by atoms with van der Waals surface area (Å²) in [6.45, 7) is 10.8. The molecule has 80 valence electrons. The molecule has 0 aromatic rings. The second kappa shape index (κ2) is 4.13. The lowest BCUT2D eigenvalue weighted by molar-refractivity contribution is -0.126. The molecule has 2 atom stereocenters. The van der Waals surface area contributed by atoms with Crippen LogP contribution >= 0.6 is 0 Å². The fourth-order valence-electron chi connectivity index (χ4n) is 2.20. The Morgan fingerprint density at radius 1 is 1.64 bits per heavy atom. The number of nitrogens with one attached hydrogen (secondary N) is 1. The zero-order valence-corrected chi connectivity index (χ0v) is 9.50. The van der Waals surface area contributed by atoms with Crippen LogP contribution in [0.1, 0.15) is 20.8 Å². The summed E-state index contributed by atoms with van der Waals surface area (Å²) in [5, 5.41) is 3.00.